The minimum Gasteiger partial charge on any atom is -0.372 e. The maximum Gasteiger partial charge on any atom is 0.246 e. The van der Waals surface area contributed by atoms with Crippen LogP contribution in [0.3, 0.4) is 0 Å². The van der Waals surface area contributed by atoms with E-state index in [4.69, 9.17) is 9.84 Å². The summed E-state index contributed by atoms with van der Waals surface area (Å²) < 4.78 is 7.67. The van der Waals surface area contributed by atoms with Gasteiger partial charge in [-0.2, -0.15) is 5.10 Å². The lowest BCUT2D eigenvalue weighted by Crippen LogP contribution is -2.47. The van der Waals surface area contributed by atoms with E-state index < -0.39 is 0 Å². The highest BCUT2D eigenvalue weighted by molar-refractivity contribution is 5.93. The monoisotopic (exact) mass is 401 g/mol. The summed E-state index contributed by atoms with van der Waals surface area (Å²) in [5.41, 5.74) is 4.02. The Morgan fingerprint density at radius 2 is 1.67 bits per heavy atom. The fraction of sp³-hybridized carbons (Fsp3) is 0.280. The second kappa shape index (κ2) is 9.09. The van der Waals surface area contributed by atoms with Crippen LogP contribution in [-0.4, -0.2) is 45.9 Å². The molecule has 0 aliphatic carbocycles. The van der Waals surface area contributed by atoms with E-state index in [9.17, 15) is 4.79 Å². The summed E-state index contributed by atoms with van der Waals surface area (Å²) >= 11 is 0. The molecule has 30 heavy (non-hydrogen) atoms. The van der Waals surface area contributed by atoms with Crippen LogP contribution in [0.4, 0.5) is 0 Å². The molecule has 154 valence electrons. The second-order valence-electron chi connectivity index (χ2n) is 7.82. The molecule has 0 N–H and O–H groups in total. The van der Waals surface area contributed by atoms with Gasteiger partial charge in [-0.05, 0) is 25.5 Å². The summed E-state index contributed by atoms with van der Waals surface area (Å²) in [6.07, 6.45) is 5.65. The molecule has 1 fully saturated rings. The lowest BCUT2D eigenvalue weighted by Gasteiger charge is -2.34. The van der Waals surface area contributed by atoms with Gasteiger partial charge in [0.1, 0.15) is 0 Å². The van der Waals surface area contributed by atoms with Crippen molar-refractivity contribution in [3.63, 3.8) is 0 Å². The molecule has 5 heteroatoms. The molecule has 2 aromatic carbocycles. The minimum atomic E-state index is 0.00632. The third kappa shape index (κ3) is 4.86. The number of nitrogens with zero attached hydrogens (tertiary/aromatic N) is 3. The van der Waals surface area contributed by atoms with Gasteiger partial charge < -0.3 is 9.64 Å². The lowest BCUT2D eigenvalue weighted by atomic mass is 10.1. The van der Waals surface area contributed by atoms with Crippen molar-refractivity contribution < 1.29 is 9.53 Å². The van der Waals surface area contributed by atoms with Gasteiger partial charge in [-0.3, -0.25) is 9.48 Å². The molecular weight excluding hydrogens is 374 g/mol. The first kappa shape index (κ1) is 20.1. The number of hydrogen-bond donors (Lipinski definition) is 0. The molecule has 2 unspecified atom stereocenters. The van der Waals surface area contributed by atoms with E-state index in [2.05, 4.69) is 12.1 Å². The molecule has 1 aliphatic heterocycles. The minimum absolute atomic E-state index is 0.00632. The van der Waals surface area contributed by atoms with Crippen LogP contribution in [0.1, 0.15) is 25.0 Å². The molecule has 0 bridgehead atoms. The fourth-order valence-electron chi connectivity index (χ4n) is 3.85. The predicted octanol–water partition coefficient (Wildman–Crippen LogP) is 4.25. The van der Waals surface area contributed by atoms with Crippen LogP contribution in [-0.2, 0) is 16.1 Å². The Hall–Kier alpha value is -3.18. The van der Waals surface area contributed by atoms with Crippen LogP contribution < -0.4 is 0 Å². The number of benzene rings is 2. The molecule has 1 aromatic heterocycles. The van der Waals surface area contributed by atoms with Crippen LogP contribution in [0.15, 0.2) is 72.9 Å². The Morgan fingerprint density at radius 3 is 2.33 bits per heavy atom. The van der Waals surface area contributed by atoms with Gasteiger partial charge in [0.2, 0.25) is 5.91 Å². The molecule has 1 saturated heterocycles. The van der Waals surface area contributed by atoms with Crippen LogP contribution >= 0.6 is 0 Å². The number of hydrogen-bond acceptors (Lipinski definition) is 3. The molecule has 3 aromatic rings. The number of carbonyl (C=O) groups is 1. The van der Waals surface area contributed by atoms with Crippen LogP contribution in [0, 0.1) is 0 Å². The normalized spacial score (nSPS) is 19.3. The SMILES string of the molecule is CC1CN(C(=O)/C=C/c2cn(Cc3ccccc3)nc2-c2ccccc2)CC(C)O1. The molecule has 0 spiro atoms. The van der Waals surface area contributed by atoms with Gasteiger partial charge in [0.25, 0.3) is 0 Å². The molecule has 4 rings (SSSR count). The summed E-state index contributed by atoms with van der Waals surface area (Å²) in [4.78, 5) is 14.6. The van der Waals surface area contributed by atoms with Crippen molar-refractivity contribution in [3.05, 3.63) is 84.1 Å². The maximum absolute atomic E-state index is 12.8. The highest BCUT2D eigenvalue weighted by Crippen LogP contribution is 2.24. The molecule has 1 aliphatic rings. The molecular formula is C25H27N3O2. The van der Waals surface area contributed by atoms with Crippen molar-refractivity contribution >= 4 is 12.0 Å². The van der Waals surface area contributed by atoms with Gasteiger partial charge in [0.15, 0.2) is 0 Å². The van der Waals surface area contributed by atoms with E-state index in [1.165, 1.54) is 5.56 Å². The summed E-state index contributed by atoms with van der Waals surface area (Å²) in [5.74, 6) is 0.00632. The molecule has 2 atom stereocenters. The average Bonchev–Trinajstić information content (AvgIpc) is 3.15. The maximum atomic E-state index is 12.8. The quantitative estimate of drug-likeness (QED) is 0.601. The highest BCUT2D eigenvalue weighted by atomic mass is 16.5. The molecule has 2 heterocycles. The number of amides is 1. The predicted molar refractivity (Wildman–Crippen MR) is 119 cm³/mol. The standard InChI is InChI=1S/C25H27N3O2/c1-19-15-27(16-20(2)30-19)24(29)14-13-23-18-28(17-21-9-5-3-6-10-21)26-25(23)22-11-7-4-8-12-22/h3-14,18-20H,15-17H2,1-2H3/b14-13+. The first-order valence-corrected chi connectivity index (χ1v) is 10.4. The molecule has 1 amide bonds. The van der Waals surface area contributed by atoms with E-state index in [0.717, 1.165) is 16.8 Å². The first-order chi connectivity index (χ1) is 14.6. The topological polar surface area (TPSA) is 47.4 Å². The van der Waals surface area contributed by atoms with E-state index in [1.54, 1.807) is 6.08 Å². The van der Waals surface area contributed by atoms with Crippen molar-refractivity contribution in [2.24, 2.45) is 0 Å². The van der Waals surface area contributed by atoms with E-state index >= 15 is 0 Å². The largest absolute Gasteiger partial charge is 0.372 e. The number of morpholine rings is 1. The number of aromatic nitrogens is 2. The molecule has 5 nitrogen and oxygen atoms in total. The molecule has 0 radical (unpaired) electrons. The summed E-state index contributed by atoms with van der Waals surface area (Å²) in [7, 11) is 0. The summed E-state index contributed by atoms with van der Waals surface area (Å²) in [5, 5.41) is 4.81. The van der Waals surface area contributed by atoms with E-state index in [-0.39, 0.29) is 18.1 Å². The van der Waals surface area contributed by atoms with Gasteiger partial charge in [0.05, 0.1) is 24.4 Å². The zero-order chi connectivity index (χ0) is 20.9. The van der Waals surface area contributed by atoms with Crippen LogP contribution in [0.5, 0.6) is 0 Å². The van der Waals surface area contributed by atoms with Gasteiger partial charge in [-0.15, -0.1) is 0 Å². The Kier molecular flexibility index (Phi) is 6.10. The third-order valence-electron chi connectivity index (χ3n) is 5.16. The van der Waals surface area contributed by atoms with Gasteiger partial charge in [0, 0.05) is 36.5 Å². The van der Waals surface area contributed by atoms with Crippen molar-refractivity contribution in [2.45, 2.75) is 32.6 Å². The fourth-order valence-corrected chi connectivity index (χ4v) is 3.85. The zero-order valence-electron chi connectivity index (χ0n) is 17.4. The number of ether oxygens (including phenoxy) is 1. The van der Waals surface area contributed by atoms with E-state index in [1.807, 2.05) is 84.2 Å². The number of rotatable bonds is 5. The number of carbonyl (C=O) groups excluding carboxylic acids is 1. The zero-order valence-corrected chi connectivity index (χ0v) is 17.4. The van der Waals surface area contributed by atoms with E-state index in [0.29, 0.717) is 19.6 Å². The summed E-state index contributed by atoms with van der Waals surface area (Å²) in [6, 6.07) is 20.3. The van der Waals surface area contributed by atoms with Crippen molar-refractivity contribution in [1.82, 2.24) is 14.7 Å². The second-order valence-corrected chi connectivity index (χ2v) is 7.82. The third-order valence-corrected chi connectivity index (χ3v) is 5.16. The smallest absolute Gasteiger partial charge is 0.246 e. The highest BCUT2D eigenvalue weighted by Gasteiger charge is 2.24. The van der Waals surface area contributed by atoms with Crippen LogP contribution in [0.2, 0.25) is 0 Å². The van der Waals surface area contributed by atoms with Crippen LogP contribution in [0.25, 0.3) is 17.3 Å². The Balaban J connectivity index is 1.59. The summed E-state index contributed by atoms with van der Waals surface area (Å²) in [6.45, 7) is 5.92. The Bertz CT molecular complexity index is 1000. The lowest BCUT2D eigenvalue weighted by molar-refractivity contribution is -0.137. The Labute approximate surface area is 177 Å². The average molecular weight is 402 g/mol. The van der Waals surface area contributed by atoms with Gasteiger partial charge in [-0.25, -0.2) is 0 Å². The van der Waals surface area contributed by atoms with Crippen molar-refractivity contribution in [1.29, 1.82) is 0 Å². The van der Waals surface area contributed by atoms with Gasteiger partial charge >= 0.3 is 0 Å². The Morgan fingerprint density at radius 1 is 1.03 bits per heavy atom. The van der Waals surface area contributed by atoms with Gasteiger partial charge in [-0.1, -0.05) is 60.7 Å². The van der Waals surface area contributed by atoms with Crippen molar-refractivity contribution in [2.75, 3.05) is 13.1 Å². The van der Waals surface area contributed by atoms with Crippen molar-refractivity contribution in [3.8, 4) is 11.3 Å². The first-order valence-electron chi connectivity index (χ1n) is 10.4. The molecule has 0 saturated carbocycles.